The molecule has 1 amide bonds. The van der Waals surface area contributed by atoms with Crippen LogP contribution in [0.15, 0.2) is 95.9 Å². The van der Waals surface area contributed by atoms with E-state index in [4.69, 9.17) is 14.2 Å². The van der Waals surface area contributed by atoms with E-state index >= 15 is 0 Å². The lowest BCUT2D eigenvalue weighted by Crippen LogP contribution is -2.38. The number of nitrogens with one attached hydrogen (secondary N) is 2. The van der Waals surface area contributed by atoms with Crippen molar-refractivity contribution in [3.8, 4) is 22.9 Å². The lowest BCUT2D eigenvalue weighted by molar-refractivity contribution is 0.0529. The molecule has 2 N–H and O–H groups in total. The molecule has 0 aliphatic carbocycles. The van der Waals surface area contributed by atoms with Crippen molar-refractivity contribution in [2.75, 3.05) is 36.9 Å². The molecule has 11 heteroatoms. The molecule has 0 bridgehead atoms. The zero-order valence-electron chi connectivity index (χ0n) is 25.5. The Hall–Kier alpha value is -4.77. The Bertz CT molecular complexity index is 1670. The van der Waals surface area contributed by atoms with E-state index in [0.29, 0.717) is 42.5 Å². The van der Waals surface area contributed by atoms with Crippen molar-refractivity contribution in [1.29, 1.82) is 0 Å². The first-order valence-electron chi connectivity index (χ1n) is 14.1. The van der Waals surface area contributed by atoms with Crippen molar-refractivity contribution in [3.63, 3.8) is 0 Å². The highest BCUT2D eigenvalue weighted by Gasteiger charge is 2.22. The van der Waals surface area contributed by atoms with Gasteiger partial charge >= 0.3 is 6.09 Å². The molecule has 0 saturated carbocycles. The van der Waals surface area contributed by atoms with Crippen LogP contribution < -0.4 is 24.4 Å². The fourth-order valence-corrected chi connectivity index (χ4v) is 5.67. The second-order valence-corrected chi connectivity index (χ2v) is 12.6. The largest absolute Gasteiger partial charge is 0.495 e. The molecule has 0 aliphatic heterocycles. The quantitative estimate of drug-likeness (QED) is 0.196. The maximum Gasteiger partial charge on any atom is 0.407 e. The summed E-state index contributed by atoms with van der Waals surface area (Å²) in [6, 6.07) is 27.1. The molecule has 0 fully saturated rings. The van der Waals surface area contributed by atoms with E-state index in [9.17, 15) is 13.2 Å². The second kappa shape index (κ2) is 14.1. The average Bonchev–Trinajstić information content (AvgIpc) is 3.00. The summed E-state index contributed by atoms with van der Waals surface area (Å²) in [5.74, 6) is 0.609. The number of pyridine rings is 1. The Morgan fingerprint density at radius 1 is 0.886 bits per heavy atom. The zero-order valence-corrected chi connectivity index (χ0v) is 26.4. The number of alkyl carbamates (subject to hydrolysis) is 1. The van der Waals surface area contributed by atoms with Gasteiger partial charge in [0.25, 0.3) is 10.0 Å². The Labute approximate surface area is 259 Å². The number of sulfonamides is 1. The van der Waals surface area contributed by atoms with Crippen LogP contribution in [0.3, 0.4) is 0 Å². The van der Waals surface area contributed by atoms with Gasteiger partial charge in [0.1, 0.15) is 16.2 Å². The molecule has 0 radical (unpaired) electrons. The van der Waals surface area contributed by atoms with Gasteiger partial charge in [-0.25, -0.2) is 18.2 Å². The van der Waals surface area contributed by atoms with Gasteiger partial charge in [0.05, 0.1) is 25.6 Å². The molecule has 232 valence electrons. The number of aromatic nitrogens is 1. The number of methoxy groups -OCH3 is 2. The lowest BCUT2D eigenvalue weighted by Gasteiger charge is -2.26. The molecule has 0 saturated heterocycles. The number of ether oxygens (including phenoxy) is 3. The highest BCUT2D eigenvalue weighted by Crippen LogP contribution is 2.32. The molecule has 0 atom stereocenters. The van der Waals surface area contributed by atoms with Crippen molar-refractivity contribution in [1.82, 2.24) is 10.3 Å². The molecule has 44 heavy (non-hydrogen) atoms. The molecule has 4 aromatic rings. The Balaban J connectivity index is 1.59. The topological polar surface area (TPSA) is 119 Å². The smallest absolute Gasteiger partial charge is 0.407 e. The van der Waals surface area contributed by atoms with Gasteiger partial charge in [0.15, 0.2) is 0 Å². The third kappa shape index (κ3) is 8.87. The van der Waals surface area contributed by atoms with E-state index in [0.717, 1.165) is 11.3 Å². The van der Waals surface area contributed by atoms with Gasteiger partial charge in [0, 0.05) is 37.0 Å². The van der Waals surface area contributed by atoms with E-state index in [1.807, 2.05) is 57.2 Å². The average molecular weight is 619 g/mol. The van der Waals surface area contributed by atoms with Crippen LogP contribution in [-0.2, 0) is 21.3 Å². The van der Waals surface area contributed by atoms with Crippen LogP contribution in [0, 0.1) is 0 Å². The Kier molecular flexibility index (Phi) is 10.3. The van der Waals surface area contributed by atoms with Gasteiger partial charge in [-0.1, -0.05) is 42.5 Å². The first-order valence-corrected chi connectivity index (χ1v) is 15.5. The number of rotatable bonds is 12. The maximum atomic E-state index is 13.7. The minimum atomic E-state index is -4.08. The third-order valence-electron chi connectivity index (χ3n) is 6.41. The van der Waals surface area contributed by atoms with Crippen molar-refractivity contribution in [2.45, 2.75) is 37.8 Å². The van der Waals surface area contributed by atoms with Gasteiger partial charge in [-0.15, -0.1) is 0 Å². The SMILES string of the molecule is COc1cccc(-c2ccc(OC)c(S(=O)(=O)Nc3cccc(N(CCNC(=O)OC(C)(C)C)Cc4ccccc4)c3)c2)n1. The monoisotopic (exact) mass is 618 g/mol. The molecule has 4 rings (SSSR count). The number of carbonyl (C=O) groups is 1. The zero-order chi connectivity index (χ0) is 31.7. The summed E-state index contributed by atoms with van der Waals surface area (Å²) in [5, 5.41) is 2.80. The molecule has 3 aromatic carbocycles. The molecule has 0 unspecified atom stereocenters. The number of hydrogen-bond acceptors (Lipinski definition) is 8. The van der Waals surface area contributed by atoms with Gasteiger partial charge in [-0.2, -0.15) is 0 Å². The van der Waals surface area contributed by atoms with E-state index in [-0.39, 0.29) is 10.6 Å². The van der Waals surface area contributed by atoms with E-state index < -0.39 is 21.7 Å². The van der Waals surface area contributed by atoms with E-state index in [1.165, 1.54) is 20.3 Å². The number of benzene rings is 3. The van der Waals surface area contributed by atoms with Crippen LogP contribution in [0.4, 0.5) is 16.2 Å². The normalized spacial score (nSPS) is 11.4. The highest BCUT2D eigenvalue weighted by atomic mass is 32.2. The Morgan fingerprint density at radius 2 is 1.64 bits per heavy atom. The standard InChI is InChI=1S/C33H38N4O6S/c1-33(2,3)43-32(38)34-19-20-37(23-24-11-7-6-8-12-24)27-14-9-13-26(22-27)36-44(39,40)30-21-25(17-18-29(30)41-4)28-15-10-16-31(35-28)42-5/h6-18,21-22,36H,19-20,23H2,1-5H3,(H,34,38). The van der Waals surface area contributed by atoms with Crippen LogP contribution in [0.1, 0.15) is 26.3 Å². The summed E-state index contributed by atoms with van der Waals surface area (Å²) >= 11 is 0. The number of anilines is 2. The van der Waals surface area contributed by atoms with Crippen molar-refractivity contribution < 1.29 is 27.4 Å². The second-order valence-electron chi connectivity index (χ2n) is 10.9. The van der Waals surface area contributed by atoms with Crippen LogP contribution in [0.2, 0.25) is 0 Å². The summed E-state index contributed by atoms with van der Waals surface area (Å²) in [6.45, 7) is 6.73. The third-order valence-corrected chi connectivity index (χ3v) is 7.81. The molecular formula is C33H38N4O6S. The van der Waals surface area contributed by atoms with Gasteiger partial charge in [-0.05, 0) is 68.8 Å². The highest BCUT2D eigenvalue weighted by molar-refractivity contribution is 7.92. The predicted octanol–water partition coefficient (Wildman–Crippen LogP) is 6.10. The first kappa shape index (κ1) is 32.2. The Morgan fingerprint density at radius 3 is 2.34 bits per heavy atom. The summed E-state index contributed by atoms with van der Waals surface area (Å²) in [6.07, 6.45) is -0.501. The van der Waals surface area contributed by atoms with Crippen LogP contribution >= 0.6 is 0 Å². The fraction of sp³-hybridized carbons (Fsp3) is 0.273. The number of carbonyl (C=O) groups excluding carboxylic acids is 1. The van der Waals surface area contributed by atoms with Gasteiger partial charge in [0.2, 0.25) is 5.88 Å². The molecule has 10 nitrogen and oxygen atoms in total. The minimum absolute atomic E-state index is 0.0322. The van der Waals surface area contributed by atoms with Crippen LogP contribution in [-0.4, -0.2) is 52.4 Å². The number of amides is 1. The molecule has 1 aromatic heterocycles. The van der Waals surface area contributed by atoms with E-state index in [2.05, 4.69) is 19.9 Å². The van der Waals surface area contributed by atoms with Gasteiger partial charge < -0.3 is 24.4 Å². The summed E-state index contributed by atoms with van der Waals surface area (Å²) in [4.78, 5) is 18.7. The first-order chi connectivity index (χ1) is 21.0. The van der Waals surface area contributed by atoms with Crippen LogP contribution in [0.5, 0.6) is 11.6 Å². The molecule has 0 spiro atoms. The van der Waals surface area contributed by atoms with E-state index in [1.54, 1.807) is 48.5 Å². The molecule has 0 aliphatic rings. The predicted molar refractivity (Wildman–Crippen MR) is 172 cm³/mol. The maximum absolute atomic E-state index is 13.7. The van der Waals surface area contributed by atoms with Crippen molar-refractivity contribution in [3.05, 3.63) is 96.6 Å². The fourth-order valence-electron chi connectivity index (χ4n) is 4.42. The van der Waals surface area contributed by atoms with Crippen LogP contribution in [0.25, 0.3) is 11.3 Å². The van der Waals surface area contributed by atoms with Crippen molar-refractivity contribution >= 4 is 27.5 Å². The summed E-state index contributed by atoms with van der Waals surface area (Å²) in [5.41, 5.74) is 2.73. The summed E-state index contributed by atoms with van der Waals surface area (Å²) < 4.78 is 46.1. The summed E-state index contributed by atoms with van der Waals surface area (Å²) in [7, 11) is -1.13. The molecule has 1 heterocycles. The number of hydrogen-bond donors (Lipinski definition) is 2. The van der Waals surface area contributed by atoms with Crippen molar-refractivity contribution in [2.24, 2.45) is 0 Å². The van der Waals surface area contributed by atoms with Gasteiger partial charge in [-0.3, -0.25) is 4.72 Å². The lowest BCUT2D eigenvalue weighted by atomic mass is 10.1. The molecular weight excluding hydrogens is 580 g/mol. The minimum Gasteiger partial charge on any atom is -0.495 e. The number of nitrogens with zero attached hydrogens (tertiary/aromatic N) is 2.